The van der Waals surface area contributed by atoms with E-state index in [1.165, 1.54) is 12.3 Å². The highest BCUT2D eigenvalue weighted by atomic mass is 19.1. The number of hydrogen-bond donors (Lipinski definition) is 1. The molecule has 2 heterocycles. The summed E-state index contributed by atoms with van der Waals surface area (Å²) in [4.78, 5) is 28.9. The van der Waals surface area contributed by atoms with Crippen LogP contribution in [0.4, 0.5) is 27.1 Å². The molecule has 1 aliphatic heterocycles. The van der Waals surface area contributed by atoms with Gasteiger partial charge < -0.3 is 10.2 Å². The predicted octanol–water partition coefficient (Wildman–Crippen LogP) is 4.08. The van der Waals surface area contributed by atoms with Gasteiger partial charge >= 0.3 is 0 Å². The minimum atomic E-state index is -0.671. The summed E-state index contributed by atoms with van der Waals surface area (Å²) in [6.07, 6.45) is 3.81. The summed E-state index contributed by atoms with van der Waals surface area (Å²) < 4.78 is 13.3. The van der Waals surface area contributed by atoms with Gasteiger partial charge in [0.1, 0.15) is 11.5 Å². The highest BCUT2D eigenvalue weighted by molar-refractivity contribution is 6.07. The van der Waals surface area contributed by atoms with Crippen LogP contribution in [0.15, 0.2) is 60.9 Å². The fraction of sp³-hybridized carbons (Fsp3) is 0.100. The van der Waals surface area contributed by atoms with E-state index in [9.17, 15) is 19.3 Å². The van der Waals surface area contributed by atoms with Crippen molar-refractivity contribution in [3.63, 3.8) is 0 Å². The standard InChI is InChI=1S/C20H15FN4O3/c21-15-3-5-17(19(11-15)25(27)28)23-16-4-6-18-13(10-16)7-9-24(18)20(26)14-2-1-8-22-12-14/h1-6,8,10-12,23H,7,9H2. The van der Waals surface area contributed by atoms with E-state index < -0.39 is 10.7 Å². The Morgan fingerprint density at radius 1 is 1.21 bits per heavy atom. The fourth-order valence-corrected chi connectivity index (χ4v) is 3.25. The molecular weight excluding hydrogens is 363 g/mol. The molecule has 3 aromatic rings. The molecule has 0 spiro atoms. The number of rotatable bonds is 4. The molecule has 0 saturated heterocycles. The Balaban J connectivity index is 1.60. The minimum absolute atomic E-state index is 0.123. The van der Waals surface area contributed by atoms with Crippen LogP contribution >= 0.6 is 0 Å². The van der Waals surface area contributed by atoms with E-state index in [-0.39, 0.29) is 17.3 Å². The van der Waals surface area contributed by atoms with Gasteiger partial charge in [-0.25, -0.2) is 4.39 Å². The molecule has 0 aliphatic carbocycles. The zero-order chi connectivity index (χ0) is 19.7. The van der Waals surface area contributed by atoms with Crippen LogP contribution in [0.1, 0.15) is 15.9 Å². The molecule has 0 radical (unpaired) electrons. The average molecular weight is 378 g/mol. The summed E-state index contributed by atoms with van der Waals surface area (Å²) in [5.74, 6) is -0.794. The summed E-state index contributed by atoms with van der Waals surface area (Å²) in [6.45, 7) is 0.545. The molecule has 1 amide bonds. The zero-order valence-electron chi connectivity index (χ0n) is 14.6. The van der Waals surface area contributed by atoms with Crippen molar-refractivity contribution in [2.45, 2.75) is 6.42 Å². The van der Waals surface area contributed by atoms with Crippen molar-refractivity contribution in [2.24, 2.45) is 0 Å². The molecule has 0 saturated carbocycles. The first-order valence-electron chi connectivity index (χ1n) is 8.59. The van der Waals surface area contributed by atoms with Crippen molar-refractivity contribution in [1.82, 2.24) is 4.98 Å². The highest BCUT2D eigenvalue weighted by Crippen LogP contribution is 2.34. The maximum absolute atomic E-state index is 13.3. The number of nitro groups is 1. The van der Waals surface area contributed by atoms with Crippen molar-refractivity contribution in [3.8, 4) is 0 Å². The third kappa shape index (κ3) is 3.27. The third-order valence-corrected chi connectivity index (χ3v) is 4.56. The second-order valence-corrected chi connectivity index (χ2v) is 6.34. The molecular formula is C20H15FN4O3. The van der Waals surface area contributed by atoms with Gasteiger partial charge in [-0.05, 0) is 54.4 Å². The molecule has 1 aliphatic rings. The monoisotopic (exact) mass is 378 g/mol. The number of carbonyl (C=O) groups is 1. The van der Waals surface area contributed by atoms with Gasteiger partial charge in [0.15, 0.2) is 0 Å². The number of halogens is 1. The van der Waals surface area contributed by atoms with E-state index in [4.69, 9.17) is 0 Å². The van der Waals surface area contributed by atoms with Crippen LogP contribution < -0.4 is 10.2 Å². The quantitative estimate of drug-likeness (QED) is 0.546. The van der Waals surface area contributed by atoms with Gasteiger partial charge in [-0.1, -0.05) is 0 Å². The second kappa shape index (κ2) is 7.07. The lowest BCUT2D eigenvalue weighted by atomic mass is 10.1. The number of aromatic nitrogens is 1. The summed E-state index contributed by atoms with van der Waals surface area (Å²) in [6, 6.07) is 12.2. The van der Waals surface area contributed by atoms with Gasteiger partial charge in [0.2, 0.25) is 0 Å². The highest BCUT2D eigenvalue weighted by Gasteiger charge is 2.26. The van der Waals surface area contributed by atoms with Gasteiger partial charge in [0.25, 0.3) is 11.6 Å². The predicted molar refractivity (Wildman–Crippen MR) is 102 cm³/mol. The van der Waals surface area contributed by atoms with Crippen LogP contribution in [0.25, 0.3) is 0 Å². The van der Waals surface area contributed by atoms with E-state index >= 15 is 0 Å². The summed E-state index contributed by atoms with van der Waals surface area (Å²) in [7, 11) is 0. The zero-order valence-corrected chi connectivity index (χ0v) is 14.6. The first-order valence-corrected chi connectivity index (χ1v) is 8.59. The van der Waals surface area contributed by atoms with E-state index in [0.717, 1.165) is 23.4 Å². The Kier molecular flexibility index (Phi) is 4.44. The number of nitrogens with one attached hydrogen (secondary N) is 1. The molecule has 2 aromatic carbocycles. The molecule has 8 heteroatoms. The van der Waals surface area contributed by atoms with Crippen molar-refractivity contribution < 1.29 is 14.1 Å². The van der Waals surface area contributed by atoms with Crippen molar-refractivity contribution in [2.75, 3.05) is 16.8 Å². The van der Waals surface area contributed by atoms with E-state index in [1.54, 1.807) is 35.4 Å². The number of carbonyl (C=O) groups excluding carboxylic acids is 1. The number of hydrogen-bond acceptors (Lipinski definition) is 5. The van der Waals surface area contributed by atoms with Crippen molar-refractivity contribution >= 4 is 28.7 Å². The van der Waals surface area contributed by atoms with Crippen LogP contribution in [0.3, 0.4) is 0 Å². The fourth-order valence-electron chi connectivity index (χ4n) is 3.25. The van der Waals surface area contributed by atoms with Gasteiger partial charge in [-0.3, -0.25) is 19.9 Å². The Hall–Kier alpha value is -3.81. The molecule has 0 bridgehead atoms. The van der Waals surface area contributed by atoms with Crippen LogP contribution in [-0.4, -0.2) is 22.4 Å². The molecule has 0 atom stereocenters. The summed E-state index contributed by atoms with van der Waals surface area (Å²) in [5.41, 5.74) is 2.75. The molecule has 7 nitrogen and oxygen atoms in total. The molecule has 140 valence electrons. The third-order valence-electron chi connectivity index (χ3n) is 4.56. The van der Waals surface area contributed by atoms with Crippen LogP contribution in [0, 0.1) is 15.9 Å². The molecule has 4 rings (SSSR count). The molecule has 0 unspecified atom stereocenters. The van der Waals surface area contributed by atoms with Gasteiger partial charge in [0.05, 0.1) is 16.6 Å². The molecule has 28 heavy (non-hydrogen) atoms. The number of anilines is 3. The van der Waals surface area contributed by atoms with Crippen molar-refractivity contribution in [3.05, 3.63) is 88.0 Å². The normalized spacial score (nSPS) is 12.5. The maximum Gasteiger partial charge on any atom is 0.295 e. The van der Waals surface area contributed by atoms with Crippen LogP contribution in [0.5, 0.6) is 0 Å². The number of benzene rings is 2. The lowest BCUT2D eigenvalue weighted by molar-refractivity contribution is -0.384. The van der Waals surface area contributed by atoms with Gasteiger partial charge in [-0.15, -0.1) is 0 Å². The topological polar surface area (TPSA) is 88.4 Å². The Labute approximate surface area is 159 Å². The Bertz CT molecular complexity index is 1070. The molecule has 0 fully saturated rings. The summed E-state index contributed by atoms with van der Waals surface area (Å²) in [5, 5.41) is 14.1. The molecule has 1 N–H and O–H groups in total. The van der Waals surface area contributed by atoms with E-state index in [2.05, 4.69) is 10.3 Å². The smallest absolute Gasteiger partial charge is 0.295 e. The number of nitrogens with zero attached hydrogens (tertiary/aromatic N) is 3. The second-order valence-electron chi connectivity index (χ2n) is 6.34. The number of nitro benzene ring substituents is 1. The number of pyridine rings is 1. The van der Waals surface area contributed by atoms with E-state index in [1.807, 2.05) is 6.07 Å². The maximum atomic E-state index is 13.3. The lowest BCUT2D eigenvalue weighted by Gasteiger charge is -2.17. The van der Waals surface area contributed by atoms with E-state index in [0.29, 0.717) is 24.2 Å². The largest absolute Gasteiger partial charge is 0.350 e. The van der Waals surface area contributed by atoms with Gasteiger partial charge in [0, 0.05) is 30.3 Å². The number of fused-ring (bicyclic) bond motifs is 1. The Morgan fingerprint density at radius 3 is 2.82 bits per heavy atom. The first-order chi connectivity index (χ1) is 13.5. The Morgan fingerprint density at radius 2 is 2.07 bits per heavy atom. The van der Waals surface area contributed by atoms with Crippen LogP contribution in [-0.2, 0) is 6.42 Å². The lowest BCUT2D eigenvalue weighted by Crippen LogP contribution is -2.28. The minimum Gasteiger partial charge on any atom is -0.350 e. The number of amides is 1. The van der Waals surface area contributed by atoms with Gasteiger partial charge in [-0.2, -0.15) is 0 Å². The van der Waals surface area contributed by atoms with Crippen molar-refractivity contribution in [1.29, 1.82) is 0 Å². The SMILES string of the molecule is O=C(c1cccnc1)N1CCc2cc(Nc3ccc(F)cc3[N+](=O)[O-])ccc21. The molecule has 1 aromatic heterocycles. The summed E-state index contributed by atoms with van der Waals surface area (Å²) >= 11 is 0. The average Bonchev–Trinajstić information content (AvgIpc) is 3.12. The first kappa shape index (κ1) is 17.6. The van der Waals surface area contributed by atoms with Crippen LogP contribution in [0.2, 0.25) is 0 Å².